The van der Waals surface area contributed by atoms with Crippen LogP contribution >= 0.6 is 15.9 Å². The van der Waals surface area contributed by atoms with Gasteiger partial charge in [-0.1, -0.05) is 46.3 Å². The van der Waals surface area contributed by atoms with Crippen LogP contribution in [-0.2, 0) is 10.4 Å². The van der Waals surface area contributed by atoms with Gasteiger partial charge in [-0.05, 0) is 44.1 Å². The van der Waals surface area contributed by atoms with Gasteiger partial charge in [0.15, 0.2) is 11.4 Å². The predicted molar refractivity (Wildman–Crippen MR) is 107 cm³/mol. The molecule has 0 unspecified atom stereocenters. The summed E-state index contributed by atoms with van der Waals surface area (Å²) in [5.74, 6) is -0.669. The van der Waals surface area contributed by atoms with Crippen molar-refractivity contribution in [2.24, 2.45) is 0 Å². The topological polar surface area (TPSA) is 60.9 Å². The molecule has 1 amide bonds. The summed E-state index contributed by atoms with van der Waals surface area (Å²) in [7, 11) is 0. The Morgan fingerprint density at radius 3 is 2.44 bits per heavy atom. The van der Waals surface area contributed by atoms with Gasteiger partial charge < -0.3 is 5.11 Å². The number of carbonyl (C=O) groups is 2. The van der Waals surface area contributed by atoms with Crippen LogP contribution < -0.4 is 4.90 Å². The highest BCUT2D eigenvalue weighted by Crippen LogP contribution is 2.43. The van der Waals surface area contributed by atoms with E-state index in [1.165, 1.54) is 0 Å². The number of aliphatic hydroxyl groups is 1. The average Bonchev–Trinajstić information content (AvgIpc) is 3.25. The van der Waals surface area contributed by atoms with Crippen molar-refractivity contribution in [2.75, 3.05) is 24.7 Å². The van der Waals surface area contributed by atoms with E-state index < -0.39 is 11.5 Å². The lowest BCUT2D eigenvalue weighted by Gasteiger charge is -2.26. The summed E-state index contributed by atoms with van der Waals surface area (Å²) in [6, 6.07) is 14.2. The number of rotatable bonds is 5. The second-order valence-electron chi connectivity index (χ2n) is 7.18. The number of hydrogen-bond donors (Lipinski definition) is 1. The van der Waals surface area contributed by atoms with Gasteiger partial charge in [0.2, 0.25) is 0 Å². The Morgan fingerprint density at radius 2 is 1.74 bits per heavy atom. The zero-order valence-electron chi connectivity index (χ0n) is 14.9. The minimum Gasteiger partial charge on any atom is -0.375 e. The van der Waals surface area contributed by atoms with E-state index in [1.807, 2.05) is 12.1 Å². The average molecular weight is 429 g/mol. The van der Waals surface area contributed by atoms with Crippen molar-refractivity contribution >= 4 is 33.3 Å². The van der Waals surface area contributed by atoms with Crippen molar-refractivity contribution in [3.05, 3.63) is 64.1 Å². The molecule has 2 aromatic carbocycles. The van der Waals surface area contributed by atoms with Crippen LogP contribution in [0.1, 0.15) is 35.2 Å². The number of amides is 1. The first kappa shape index (κ1) is 18.3. The van der Waals surface area contributed by atoms with E-state index in [0.29, 0.717) is 23.5 Å². The monoisotopic (exact) mass is 428 g/mol. The lowest BCUT2D eigenvalue weighted by molar-refractivity contribution is -0.136. The number of halogens is 1. The summed E-state index contributed by atoms with van der Waals surface area (Å²) < 4.78 is 0.872. The molecule has 0 saturated carbocycles. The predicted octanol–water partition coefficient (Wildman–Crippen LogP) is 3.31. The smallest absolute Gasteiger partial charge is 0.265 e. The van der Waals surface area contributed by atoms with Crippen LogP contribution in [0.5, 0.6) is 0 Å². The van der Waals surface area contributed by atoms with E-state index in [-0.39, 0.29) is 12.2 Å². The summed E-state index contributed by atoms with van der Waals surface area (Å²) in [5.41, 5.74) is -0.129. The zero-order valence-corrected chi connectivity index (χ0v) is 16.5. The largest absolute Gasteiger partial charge is 0.375 e. The van der Waals surface area contributed by atoms with Gasteiger partial charge in [-0.25, -0.2) is 0 Å². The van der Waals surface area contributed by atoms with E-state index in [2.05, 4.69) is 20.8 Å². The normalized spacial score (nSPS) is 22.3. The number of carbonyl (C=O) groups excluding carboxylic acids is 2. The van der Waals surface area contributed by atoms with Gasteiger partial charge in [0.1, 0.15) is 0 Å². The number of ketones is 1. The minimum atomic E-state index is -1.82. The van der Waals surface area contributed by atoms with Gasteiger partial charge in [-0.15, -0.1) is 0 Å². The number of fused-ring (bicyclic) bond motifs is 1. The Labute approximate surface area is 166 Å². The molecule has 0 radical (unpaired) electrons. The molecule has 1 saturated heterocycles. The van der Waals surface area contributed by atoms with E-state index >= 15 is 0 Å². The van der Waals surface area contributed by atoms with Crippen LogP contribution in [0.15, 0.2) is 53.0 Å². The Hall–Kier alpha value is -2.02. The van der Waals surface area contributed by atoms with E-state index in [4.69, 9.17) is 0 Å². The van der Waals surface area contributed by atoms with Crippen LogP contribution in [0.25, 0.3) is 0 Å². The zero-order chi connectivity index (χ0) is 19.0. The first-order valence-electron chi connectivity index (χ1n) is 9.14. The maximum Gasteiger partial charge on any atom is 0.265 e. The fourth-order valence-electron chi connectivity index (χ4n) is 3.91. The lowest BCUT2D eigenvalue weighted by atomic mass is 9.88. The molecule has 0 aromatic heterocycles. The molecule has 2 aliphatic heterocycles. The van der Waals surface area contributed by atoms with Gasteiger partial charge in [0.05, 0.1) is 18.8 Å². The molecule has 140 valence electrons. The third-order valence-corrected chi connectivity index (χ3v) is 5.89. The summed E-state index contributed by atoms with van der Waals surface area (Å²) in [6.45, 7) is 2.34. The van der Waals surface area contributed by atoms with Crippen molar-refractivity contribution in [1.82, 2.24) is 4.90 Å². The SMILES string of the molecule is O=C(C[C@]1(O)C(=O)N(CN2CCCC2)c2ccccc21)c1ccc(Br)cc1. The molecule has 4 rings (SSSR count). The van der Waals surface area contributed by atoms with Gasteiger partial charge in [0.25, 0.3) is 5.91 Å². The van der Waals surface area contributed by atoms with Gasteiger partial charge in [-0.3, -0.25) is 19.4 Å². The number of benzene rings is 2. The van der Waals surface area contributed by atoms with Crippen LogP contribution in [0, 0.1) is 0 Å². The molecular formula is C21H21BrN2O3. The molecular weight excluding hydrogens is 408 g/mol. The molecule has 1 fully saturated rings. The molecule has 2 heterocycles. The van der Waals surface area contributed by atoms with Gasteiger partial charge >= 0.3 is 0 Å². The summed E-state index contributed by atoms with van der Waals surface area (Å²) >= 11 is 3.35. The maximum absolute atomic E-state index is 13.2. The fourth-order valence-corrected chi connectivity index (χ4v) is 4.18. The number of hydrogen-bond acceptors (Lipinski definition) is 4. The van der Waals surface area contributed by atoms with Gasteiger partial charge in [-0.2, -0.15) is 0 Å². The molecule has 6 heteroatoms. The fraction of sp³-hybridized carbons (Fsp3) is 0.333. The van der Waals surface area contributed by atoms with Crippen molar-refractivity contribution in [3.63, 3.8) is 0 Å². The molecule has 0 spiro atoms. The Balaban J connectivity index is 1.63. The number of para-hydroxylation sites is 1. The van der Waals surface area contributed by atoms with E-state index in [1.54, 1.807) is 41.3 Å². The molecule has 2 aliphatic rings. The summed E-state index contributed by atoms with van der Waals surface area (Å²) in [5, 5.41) is 11.3. The highest BCUT2D eigenvalue weighted by atomic mass is 79.9. The highest BCUT2D eigenvalue weighted by molar-refractivity contribution is 9.10. The number of anilines is 1. The van der Waals surface area contributed by atoms with Crippen molar-refractivity contribution in [1.29, 1.82) is 0 Å². The van der Waals surface area contributed by atoms with Crippen molar-refractivity contribution in [2.45, 2.75) is 24.9 Å². The molecule has 5 nitrogen and oxygen atoms in total. The highest BCUT2D eigenvalue weighted by Gasteiger charge is 2.51. The molecule has 27 heavy (non-hydrogen) atoms. The molecule has 2 aromatic rings. The third kappa shape index (κ3) is 3.33. The lowest BCUT2D eigenvalue weighted by Crippen LogP contribution is -2.45. The quantitative estimate of drug-likeness (QED) is 0.742. The second kappa shape index (κ2) is 7.19. The number of Topliss-reactive ketones (excluding diaryl/α,β-unsaturated/α-hetero) is 1. The Kier molecular flexibility index (Phi) is 4.88. The van der Waals surface area contributed by atoms with Crippen LogP contribution in [0.3, 0.4) is 0 Å². The van der Waals surface area contributed by atoms with E-state index in [9.17, 15) is 14.7 Å². The van der Waals surface area contributed by atoms with Crippen LogP contribution in [-0.4, -0.2) is 41.5 Å². The Bertz CT molecular complexity index is 877. The van der Waals surface area contributed by atoms with Crippen molar-refractivity contribution in [3.8, 4) is 0 Å². The van der Waals surface area contributed by atoms with Crippen molar-refractivity contribution < 1.29 is 14.7 Å². The first-order chi connectivity index (χ1) is 13.0. The van der Waals surface area contributed by atoms with Gasteiger partial charge in [0, 0.05) is 15.6 Å². The second-order valence-corrected chi connectivity index (χ2v) is 8.10. The molecule has 0 bridgehead atoms. The first-order valence-corrected chi connectivity index (χ1v) is 9.93. The maximum atomic E-state index is 13.2. The molecule has 1 atom stereocenters. The summed E-state index contributed by atoms with van der Waals surface area (Å²) in [6.07, 6.45) is 1.98. The minimum absolute atomic E-state index is 0.254. The Morgan fingerprint density at radius 1 is 1.07 bits per heavy atom. The van der Waals surface area contributed by atoms with E-state index in [0.717, 1.165) is 30.4 Å². The third-order valence-electron chi connectivity index (χ3n) is 5.36. The standard InChI is InChI=1S/C21H21BrN2O3/c22-16-9-7-15(8-10-16)19(25)13-21(27)17-5-1-2-6-18(17)24(20(21)26)14-23-11-3-4-12-23/h1-2,5-10,27H,3-4,11-14H2/t21-/m1/s1. The molecule has 1 N–H and O–H groups in total. The molecule has 0 aliphatic carbocycles. The summed E-state index contributed by atoms with van der Waals surface area (Å²) in [4.78, 5) is 29.8. The van der Waals surface area contributed by atoms with Crippen LogP contribution in [0.2, 0.25) is 0 Å². The van der Waals surface area contributed by atoms with Crippen LogP contribution in [0.4, 0.5) is 5.69 Å². The number of likely N-dealkylation sites (tertiary alicyclic amines) is 1. The number of nitrogens with zero attached hydrogens (tertiary/aromatic N) is 2.